The summed E-state index contributed by atoms with van der Waals surface area (Å²) in [6, 6.07) is 6.02. The number of nitro groups is 1. The van der Waals surface area contributed by atoms with Gasteiger partial charge in [-0.15, -0.1) is 0 Å². The van der Waals surface area contributed by atoms with Crippen molar-refractivity contribution in [3.63, 3.8) is 0 Å². The van der Waals surface area contributed by atoms with Crippen LogP contribution >= 0.6 is 0 Å². The van der Waals surface area contributed by atoms with Crippen LogP contribution < -0.4 is 0 Å². The molecule has 0 saturated heterocycles. The molecule has 1 heterocycles. The number of aryl methyl sites for hydroxylation is 1. The summed E-state index contributed by atoms with van der Waals surface area (Å²) in [5.41, 5.74) is 0.729. The summed E-state index contributed by atoms with van der Waals surface area (Å²) in [5.74, 6) is -0.0896. The summed E-state index contributed by atoms with van der Waals surface area (Å²) in [5, 5.41) is 10.8. The second-order valence-electron chi connectivity index (χ2n) is 4.49. The summed E-state index contributed by atoms with van der Waals surface area (Å²) in [4.78, 5) is 26.6. The van der Waals surface area contributed by atoms with Crippen molar-refractivity contribution in [3.05, 3.63) is 58.2 Å². The fraction of sp³-hybridized carbons (Fsp3) is 0.200. The number of esters is 1. The van der Waals surface area contributed by atoms with E-state index in [9.17, 15) is 14.9 Å². The smallest absolute Gasteiger partial charge is 0.341 e. The topological polar surface area (TPSA) is 87.3 Å². The molecule has 1 aromatic heterocycles. The van der Waals surface area contributed by atoms with E-state index in [1.54, 1.807) is 43.1 Å². The number of aromatic nitrogens is 2. The number of rotatable bonds is 5. The van der Waals surface area contributed by atoms with E-state index in [0.717, 1.165) is 0 Å². The fourth-order valence-electron chi connectivity index (χ4n) is 1.94. The number of hydrogen-bond acceptors (Lipinski definition) is 5. The van der Waals surface area contributed by atoms with E-state index in [1.807, 2.05) is 0 Å². The highest BCUT2D eigenvalue weighted by Crippen LogP contribution is 2.21. The molecule has 0 aliphatic carbocycles. The maximum Gasteiger partial charge on any atom is 0.341 e. The maximum absolute atomic E-state index is 12.1. The zero-order chi connectivity index (χ0) is 16.1. The highest BCUT2D eigenvalue weighted by Gasteiger charge is 2.18. The number of carbonyl (C=O) groups excluding carboxylic acids is 1. The van der Waals surface area contributed by atoms with Crippen molar-refractivity contribution in [2.45, 2.75) is 6.92 Å². The van der Waals surface area contributed by atoms with Gasteiger partial charge in [0.2, 0.25) is 0 Å². The summed E-state index contributed by atoms with van der Waals surface area (Å²) in [7, 11) is 1.75. The number of ether oxygens (including phenoxy) is 1. The molecular formula is C15H15N3O4. The first-order chi connectivity index (χ1) is 10.5. The van der Waals surface area contributed by atoms with Gasteiger partial charge in [-0.2, -0.15) is 0 Å². The number of carbonyl (C=O) groups is 1. The molecule has 0 saturated carbocycles. The summed E-state index contributed by atoms with van der Waals surface area (Å²) in [6.07, 6.45) is 4.80. The lowest BCUT2D eigenvalue weighted by Gasteiger charge is -2.07. The van der Waals surface area contributed by atoms with E-state index in [-0.39, 0.29) is 17.9 Å². The molecule has 7 nitrogen and oxygen atoms in total. The van der Waals surface area contributed by atoms with Crippen molar-refractivity contribution in [2.75, 3.05) is 6.61 Å². The lowest BCUT2D eigenvalue weighted by atomic mass is 10.1. The van der Waals surface area contributed by atoms with E-state index in [2.05, 4.69) is 4.98 Å². The number of nitrogens with zero attached hydrogens (tertiary/aromatic N) is 3. The molecule has 0 spiro atoms. The molecule has 7 heteroatoms. The molecule has 0 aliphatic heterocycles. The molecule has 114 valence electrons. The van der Waals surface area contributed by atoms with Gasteiger partial charge < -0.3 is 9.30 Å². The van der Waals surface area contributed by atoms with Crippen molar-refractivity contribution >= 4 is 23.3 Å². The van der Waals surface area contributed by atoms with Gasteiger partial charge in [0.05, 0.1) is 11.5 Å². The predicted molar refractivity (Wildman–Crippen MR) is 80.8 cm³/mol. The Hall–Kier alpha value is -2.96. The molecule has 0 aliphatic rings. The molecule has 2 aromatic rings. The zero-order valence-corrected chi connectivity index (χ0v) is 12.2. The van der Waals surface area contributed by atoms with E-state index in [4.69, 9.17) is 4.74 Å². The standard InChI is InChI=1S/C15H15N3O4/c1-3-22-15(19)13(14-16-7-8-17(14)2)10-11-5-4-6-12(9-11)18(20)21/h4-10H,3H2,1-2H3. The number of hydrogen-bond donors (Lipinski definition) is 0. The molecule has 0 unspecified atom stereocenters. The van der Waals surface area contributed by atoms with Crippen LogP contribution in [0.4, 0.5) is 5.69 Å². The average Bonchev–Trinajstić information content (AvgIpc) is 2.91. The van der Waals surface area contributed by atoms with Gasteiger partial charge >= 0.3 is 5.97 Å². The Morgan fingerprint density at radius 2 is 2.27 bits per heavy atom. The van der Waals surface area contributed by atoms with Crippen LogP contribution in [0.2, 0.25) is 0 Å². The van der Waals surface area contributed by atoms with Crippen LogP contribution in [0.3, 0.4) is 0 Å². The Morgan fingerprint density at radius 3 is 2.86 bits per heavy atom. The number of nitro benzene ring substituents is 1. The van der Waals surface area contributed by atoms with Crippen LogP contribution in [0.5, 0.6) is 0 Å². The van der Waals surface area contributed by atoms with Crippen molar-refractivity contribution in [1.29, 1.82) is 0 Å². The van der Waals surface area contributed by atoms with Gasteiger partial charge in [0.1, 0.15) is 11.4 Å². The lowest BCUT2D eigenvalue weighted by Crippen LogP contribution is -2.10. The average molecular weight is 301 g/mol. The fourth-order valence-corrected chi connectivity index (χ4v) is 1.94. The van der Waals surface area contributed by atoms with Crippen LogP contribution in [0.15, 0.2) is 36.7 Å². The van der Waals surface area contributed by atoms with E-state index in [1.165, 1.54) is 18.2 Å². The highest BCUT2D eigenvalue weighted by molar-refractivity contribution is 6.20. The number of non-ortho nitro benzene ring substituents is 1. The minimum atomic E-state index is -0.525. The molecule has 0 fully saturated rings. The van der Waals surface area contributed by atoms with Crippen LogP contribution in [-0.4, -0.2) is 27.1 Å². The van der Waals surface area contributed by atoms with E-state index < -0.39 is 10.9 Å². The molecule has 22 heavy (non-hydrogen) atoms. The molecular weight excluding hydrogens is 286 g/mol. The van der Waals surface area contributed by atoms with Crippen molar-refractivity contribution in [2.24, 2.45) is 7.05 Å². The predicted octanol–water partition coefficient (Wildman–Crippen LogP) is 2.43. The van der Waals surface area contributed by atoms with Crippen LogP contribution in [-0.2, 0) is 16.6 Å². The molecule has 0 radical (unpaired) electrons. The molecule has 0 bridgehead atoms. The van der Waals surface area contributed by atoms with Gasteiger partial charge in [0.15, 0.2) is 0 Å². The van der Waals surface area contributed by atoms with Crippen molar-refractivity contribution in [1.82, 2.24) is 9.55 Å². The number of imidazole rings is 1. The van der Waals surface area contributed by atoms with Crippen LogP contribution in [0, 0.1) is 10.1 Å². The van der Waals surface area contributed by atoms with E-state index in [0.29, 0.717) is 11.4 Å². The largest absolute Gasteiger partial charge is 0.462 e. The zero-order valence-electron chi connectivity index (χ0n) is 12.2. The monoisotopic (exact) mass is 301 g/mol. The third kappa shape index (κ3) is 3.38. The Balaban J connectivity index is 2.49. The van der Waals surface area contributed by atoms with Crippen molar-refractivity contribution in [3.8, 4) is 0 Å². The van der Waals surface area contributed by atoms with Gasteiger partial charge in [0.25, 0.3) is 5.69 Å². The van der Waals surface area contributed by atoms with Gasteiger partial charge in [-0.3, -0.25) is 10.1 Å². The Bertz CT molecular complexity index is 734. The quantitative estimate of drug-likeness (QED) is 0.366. The van der Waals surface area contributed by atoms with Crippen LogP contribution in [0.1, 0.15) is 18.3 Å². The Morgan fingerprint density at radius 1 is 1.50 bits per heavy atom. The second-order valence-corrected chi connectivity index (χ2v) is 4.49. The third-order valence-electron chi connectivity index (χ3n) is 2.95. The first-order valence-electron chi connectivity index (χ1n) is 6.64. The molecule has 0 amide bonds. The first-order valence-corrected chi connectivity index (χ1v) is 6.64. The highest BCUT2D eigenvalue weighted by atomic mass is 16.6. The van der Waals surface area contributed by atoms with Crippen LogP contribution in [0.25, 0.3) is 11.6 Å². The summed E-state index contributed by atoms with van der Waals surface area (Å²) in [6.45, 7) is 1.94. The normalized spacial score (nSPS) is 11.3. The molecule has 2 rings (SSSR count). The van der Waals surface area contributed by atoms with Gasteiger partial charge in [-0.05, 0) is 18.6 Å². The van der Waals surface area contributed by atoms with Gasteiger partial charge in [0, 0.05) is 31.6 Å². The van der Waals surface area contributed by atoms with Gasteiger partial charge in [-0.25, -0.2) is 9.78 Å². The van der Waals surface area contributed by atoms with Crippen molar-refractivity contribution < 1.29 is 14.5 Å². The SMILES string of the molecule is CCOC(=O)C(=Cc1cccc([N+](=O)[O-])c1)c1nccn1C. The Kier molecular flexibility index (Phi) is 4.67. The summed E-state index contributed by atoms with van der Waals surface area (Å²) < 4.78 is 6.72. The first kappa shape index (κ1) is 15.4. The Labute approximate surface area is 127 Å². The van der Waals surface area contributed by atoms with E-state index >= 15 is 0 Å². The molecule has 0 N–H and O–H groups in total. The molecule has 1 aromatic carbocycles. The minimum absolute atomic E-state index is 0.0446. The van der Waals surface area contributed by atoms with Gasteiger partial charge in [-0.1, -0.05) is 12.1 Å². The molecule has 0 atom stereocenters. The lowest BCUT2D eigenvalue weighted by molar-refractivity contribution is -0.384. The second kappa shape index (κ2) is 6.66. The number of benzene rings is 1. The summed E-state index contributed by atoms with van der Waals surface area (Å²) >= 11 is 0. The minimum Gasteiger partial charge on any atom is -0.462 e. The maximum atomic E-state index is 12.1. The third-order valence-corrected chi connectivity index (χ3v) is 2.95.